The average molecular weight is 415 g/mol. The van der Waals surface area contributed by atoms with E-state index in [0.29, 0.717) is 30.4 Å². The Morgan fingerprint density at radius 2 is 1.86 bits per heavy atom. The van der Waals surface area contributed by atoms with Crippen molar-refractivity contribution in [3.8, 4) is 0 Å². The second kappa shape index (κ2) is 12.7. The molecule has 5 heteroatoms. The van der Waals surface area contributed by atoms with E-state index in [2.05, 4.69) is 13.8 Å². The second-order valence-electron chi connectivity index (χ2n) is 8.80. The maximum absolute atomic E-state index is 14.3. The van der Waals surface area contributed by atoms with E-state index in [4.69, 9.17) is 14.2 Å². The maximum atomic E-state index is 14.3. The van der Waals surface area contributed by atoms with Crippen LogP contribution in [0.1, 0.15) is 85.0 Å². The normalized spacial score (nSPS) is 25.3. The Morgan fingerprint density at radius 3 is 2.52 bits per heavy atom. The molecule has 0 spiro atoms. The lowest BCUT2D eigenvalue weighted by molar-refractivity contribution is -0.0579. The highest BCUT2D eigenvalue weighted by atomic mass is 19.2. The number of rotatable bonds is 12. The molecule has 1 heterocycles. The molecule has 4 unspecified atom stereocenters. The van der Waals surface area contributed by atoms with Crippen LogP contribution in [0.5, 0.6) is 0 Å². The van der Waals surface area contributed by atoms with E-state index in [0.717, 1.165) is 32.5 Å². The summed E-state index contributed by atoms with van der Waals surface area (Å²) in [6.45, 7) is 7.79. The van der Waals surface area contributed by atoms with Gasteiger partial charge in [-0.25, -0.2) is 8.78 Å². The fourth-order valence-electron chi connectivity index (χ4n) is 4.27. The zero-order valence-corrected chi connectivity index (χ0v) is 18.8. The third kappa shape index (κ3) is 7.67. The fourth-order valence-corrected chi connectivity index (χ4v) is 4.27. The van der Waals surface area contributed by atoms with Gasteiger partial charge >= 0.3 is 0 Å². The fraction of sp³-hybridized carbons (Fsp3) is 0.833. The maximum Gasteiger partial charge on any atom is 0.196 e. The Balaban J connectivity index is 1.66. The first-order valence-corrected chi connectivity index (χ1v) is 11.5. The van der Waals surface area contributed by atoms with Gasteiger partial charge in [0.15, 0.2) is 11.7 Å². The number of unbranched alkanes of at least 4 members (excludes halogenated alkanes) is 2. The van der Waals surface area contributed by atoms with Crippen LogP contribution in [0.3, 0.4) is 0 Å². The summed E-state index contributed by atoms with van der Waals surface area (Å²) in [4.78, 5) is 0. The number of halogens is 2. The van der Waals surface area contributed by atoms with Crippen LogP contribution in [0.15, 0.2) is 23.0 Å². The van der Waals surface area contributed by atoms with Gasteiger partial charge < -0.3 is 14.2 Å². The van der Waals surface area contributed by atoms with Crippen LogP contribution >= 0.6 is 0 Å². The topological polar surface area (TPSA) is 27.7 Å². The molecular weight excluding hydrogens is 374 g/mol. The molecule has 2 rings (SSSR count). The molecule has 0 amide bonds. The zero-order valence-electron chi connectivity index (χ0n) is 18.8. The quantitative estimate of drug-likeness (QED) is 0.321. The lowest BCUT2D eigenvalue weighted by Gasteiger charge is -2.30. The van der Waals surface area contributed by atoms with Gasteiger partial charge in [-0.2, -0.15) is 0 Å². The first kappa shape index (κ1) is 24.3. The molecule has 0 radical (unpaired) electrons. The molecule has 0 bridgehead atoms. The summed E-state index contributed by atoms with van der Waals surface area (Å²) in [5.74, 6) is -0.941. The van der Waals surface area contributed by atoms with E-state index in [9.17, 15) is 8.78 Å². The highest BCUT2D eigenvalue weighted by molar-refractivity contribution is 5.33. The first-order chi connectivity index (χ1) is 14.0. The average Bonchev–Trinajstić information content (AvgIpc) is 2.73. The summed E-state index contributed by atoms with van der Waals surface area (Å²) >= 11 is 0. The largest absolute Gasteiger partial charge is 0.498 e. The van der Waals surface area contributed by atoms with Gasteiger partial charge in [0, 0.05) is 12.3 Å². The van der Waals surface area contributed by atoms with E-state index in [1.165, 1.54) is 39.2 Å². The van der Waals surface area contributed by atoms with Gasteiger partial charge in [-0.15, -0.1) is 0 Å². The number of ether oxygens (including phenoxy) is 3. The lowest BCUT2D eigenvalue weighted by Crippen LogP contribution is -2.29. The standard InChI is InChI=1S/C24H40F2O3/c1-5-6-7-8-20-12-11-19(16-29-20)15-28-18(3)10-9-17(2)21-13-14-22(27-4)24(26)23(21)25/h17-20H,5-16H2,1-4H3. The Kier molecular flexibility index (Phi) is 10.6. The van der Waals surface area contributed by atoms with E-state index >= 15 is 0 Å². The van der Waals surface area contributed by atoms with E-state index < -0.39 is 11.7 Å². The number of allylic oxidation sites excluding steroid dienone is 4. The molecular formula is C24H40F2O3. The molecule has 3 nitrogen and oxygen atoms in total. The van der Waals surface area contributed by atoms with Crippen molar-refractivity contribution < 1.29 is 23.0 Å². The first-order valence-electron chi connectivity index (χ1n) is 11.5. The van der Waals surface area contributed by atoms with Crippen LogP contribution in [0.25, 0.3) is 0 Å². The second-order valence-corrected chi connectivity index (χ2v) is 8.80. The minimum absolute atomic E-state index is 0.00657. The summed E-state index contributed by atoms with van der Waals surface area (Å²) in [5, 5.41) is 0. The Bertz CT molecular complexity index is 550. The molecule has 0 aromatic heterocycles. The van der Waals surface area contributed by atoms with Crippen LogP contribution in [-0.2, 0) is 14.2 Å². The molecule has 0 aromatic carbocycles. The van der Waals surface area contributed by atoms with Crippen molar-refractivity contribution in [2.75, 3.05) is 20.3 Å². The molecule has 29 heavy (non-hydrogen) atoms. The molecule has 0 N–H and O–H groups in total. The van der Waals surface area contributed by atoms with E-state index in [-0.39, 0.29) is 17.8 Å². The van der Waals surface area contributed by atoms with Crippen molar-refractivity contribution >= 4 is 0 Å². The summed E-state index contributed by atoms with van der Waals surface area (Å²) in [7, 11) is 1.39. The molecule has 168 valence electrons. The van der Waals surface area contributed by atoms with Crippen molar-refractivity contribution in [3.05, 3.63) is 23.0 Å². The molecule has 2 aliphatic rings. The van der Waals surface area contributed by atoms with Crippen molar-refractivity contribution in [1.29, 1.82) is 0 Å². The van der Waals surface area contributed by atoms with Gasteiger partial charge in [-0.05, 0) is 56.9 Å². The van der Waals surface area contributed by atoms with Crippen LogP contribution in [-0.4, -0.2) is 32.5 Å². The van der Waals surface area contributed by atoms with Gasteiger partial charge in [0.1, 0.15) is 5.76 Å². The highest BCUT2D eigenvalue weighted by Crippen LogP contribution is 2.37. The van der Waals surface area contributed by atoms with Crippen LogP contribution < -0.4 is 0 Å². The monoisotopic (exact) mass is 414 g/mol. The van der Waals surface area contributed by atoms with Crippen molar-refractivity contribution in [1.82, 2.24) is 0 Å². The Labute approximate surface area is 175 Å². The number of hydrogen-bond donors (Lipinski definition) is 0. The molecule has 1 aliphatic carbocycles. The van der Waals surface area contributed by atoms with Gasteiger partial charge in [-0.3, -0.25) is 0 Å². The summed E-state index contributed by atoms with van der Waals surface area (Å²) in [6, 6.07) is 0. The molecule has 1 aliphatic heterocycles. The van der Waals surface area contributed by atoms with E-state index in [1.54, 1.807) is 0 Å². The number of hydrogen-bond acceptors (Lipinski definition) is 3. The Morgan fingerprint density at radius 1 is 1.07 bits per heavy atom. The molecule has 1 saturated heterocycles. The van der Waals surface area contributed by atoms with Gasteiger partial charge in [-0.1, -0.05) is 33.1 Å². The third-order valence-electron chi connectivity index (χ3n) is 6.40. The van der Waals surface area contributed by atoms with Gasteiger partial charge in [0.2, 0.25) is 0 Å². The predicted octanol–water partition coefficient (Wildman–Crippen LogP) is 7.03. The van der Waals surface area contributed by atoms with Gasteiger partial charge in [0.05, 0.1) is 32.5 Å². The summed E-state index contributed by atoms with van der Waals surface area (Å²) < 4.78 is 45.2. The van der Waals surface area contributed by atoms with Crippen LogP contribution in [0.2, 0.25) is 0 Å². The molecule has 1 fully saturated rings. The van der Waals surface area contributed by atoms with Crippen molar-refractivity contribution in [3.63, 3.8) is 0 Å². The third-order valence-corrected chi connectivity index (χ3v) is 6.40. The van der Waals surface area contributed by atoms with Crippen LogP contribution in [0, 0.1) is 11.8 Å². The Hall–Kier alpha value is -0.940. The number of methoxy groups -OCH3 is 1. The zero-order chi connectivity index (χ0) is 21.2. The highest BCUT2D eigenvalue weighted by Gasteiger charge is 2.27. The molecule has 4 atom stereocenters. The minimum Gasteiger partial charge on any atom is -0.498 e. The van der Waals surface area contributed by atoms with Crippen molar-refractivity contribution in [2.24, 2.45) is 11.8 Å². The minimum atomic E-state index is -0.824. The SMILES string of the molecule is CCCCCC1CCC(COC(C)CCC(C)C2=C(F)C(F)=C(OC)CC2)CO1. The van der Waals surface area contributed by atoms with Gasteiger partial charge in [0.25, 0.3) is 0 Å². The van der Waals surface area contributed by atoms with Crippen molar-refractivity contribution in [2.45, 2.75) is 97.2 Å². The van der Waals surface area contributed by atoms with Crippen LogP contribution in [0.4, 0.5) is 8.78 Å². The summed E-state index contributed by atoms with van der Waals surface area (Å²) in [5.41, 5.74) is 0.574. The van der Waals surface area contributed by atoms with E-state index in [1.807, 2.05) is 6.92 Å². The summed E-state index contributed by atoms with van der Waals surface area (Å²) in [6.07, 6.45) is 10.4. The molecule has 0 aromatic rings. The smallest absolute Gasteiger partial charge is 0.196 e. The predicted molar refractivity (Wildman–Crippen MR) is 113 cm³/mol. The lowest BCUT2D eigenvalue weighted by atomic mass is 9.88. The molecule has 0 saturated carbocycles.